The fraction of sp³-hybridized carbons (Fsp3) is 0.391. The highest BCUT2D eigenvalue weighted by atomic mass is 32.2. The van der Waals surface area contributed by atoms with Gasteiger partial charge < -0.3 is 16.0 Å². The largest absolute Gasteiger partial charge is 0.357 e. The highest BCUT2D eigenvalue weighted by Crippen LogP contribution is 2.33. The van der Waals surface area contributed by atoms with Crippen molar-refractivity contribution in [3.63, 3.8) is 0 Å². The quantitative estimate of drug-likeness (QED) is 0.339. The molecule has 0 aliphatic carbocycles. The summed E-state index contributed by atoms with van der Waals surface area (Å²) in [5.74, 6) is 1.84. The van der Waals surface area contributed by atoms with Gasteiger partial charge in [0.25, 0.3) is 0 Å². The van der Waals surface area contributed by atoms with Gasteiger partial charge in [-0.15, -0.1) is 0 Å². The summed E-state index contributed by atoms with van der Waals surface area (Å²) < 4.78 is 0. The maximum atomic E-state index is 9.86. The minimum atomic E-state index is 0.212. The monoisotopic (exact) mass is 437 g/mol. The lowest BCUT2D eigenvalue weighted by atomic mass is 10.0. The van der Waals surface area contributed by atoms with Crippen LogP contribution in [0.4, 0.5) is 11.9 Å². The van der Waals surface area contributed by atoms with E-state index in [0.717, 1.165) is 24.1 Å². The Kier molecular flexibility index (Phi) is 9.35. The van der Waals surface area contributed by atoms with E-state index in [0.29, 0.717) is 34.2 Å². The second-order valence-electron chi connectivity index (χ2n) is 7.63. The molecule has 3 N–H and O–H groups in total. The Morgan fingerprint density at radius 1 is 1.23 bits per heavy atom. The molecule has 1 atom stereocenters. The molecule has 31 heavy (non-hydrogen) atoms. The molecule has 8 heteroatoms. The second-order valence-corrected chi connectivity index (χ2v) is 8.51. The van der Waals surface area contributed by atoms with E-state index in [4.69, 9.17) is 0 Å². The van der Waals surface area contributed by atoms with E-state index < -0.39 is 0 Å². The van der Waals surface area contributed by atoms with E-state index in [1.165, 1.54) is 11.8 Å². The number of hydrogen-bond acceptors (Lipinski definition) is 8. The molecule has 0 amide bonds. The zero-order valence-electron chi connectivity index (χ0n) is 18.9. The molecule has 7 nitrogen and oxygen atoms in total. The van der Waals surface area contributed by atoms with Crippen molar-refractivity contribution in [3.05, 3.63) is 58.4 Å². The van der Waals surface area contributed by atoms with E-state index in [9.17, 15) is 5.26 Å². The van der Waals surface area contributed by atoms with Crippen LogP contribution >= 0.6 is 11.8 Å². The number of nitriles is 1. The van der Waals surface area contributed by atoms with Crippen LogP contribution in [0.1, 0.15) is 46.4 Å². The van der Waals surface area contributed by atoms with Crippen LogP contribution < -0.4 is 16.0 Å². The first-order valence-electron chi connectivity index (χ1n) is 10.3. The number of hydrogen-bond donors (Lipinski definition) is 3. The Morgan fingerprint density at radius 2 is 1.97 bits per heavy atom. The molecule has 0 aromatic carbocycles. The molecule has 0 bridgehead atoms. The van der Waals surface area contributed by atoms with Crippen molar-refractivity contribution in [2.75, 3.05) is 17.7 Å². The van der Waals surface area contributed by atoms with Crippen molar-refractivity contribution >= 4 is 29.2 Å². The van der Waals surface area contributed by atoms with Crippen molar-refractivity contribution in [2.24, 2.45) is 5.92 Å². The molecular weight excluding hydrogens is 406 g/mol. The molecule has 1 aliphatic heterocycles. The highest BCUT2D eigenvalue weighted by Gasteiger charge is 2.20. The normalized spacial score (nSPS) is 16.5. The zero-order chi connectivity index (χ0) is 22.8. The Balaban J connectivity index is 2.27. The minimum absolute atomic E-state index is 0.212. The number of aromatic nitrogens is 3. The lowest BCUT2D eigenvalue weighted by Crippen LogP contribution is -2.19. The molecule has 2 rings (SSSR count). The predicted octanol–water partition coefficient (Wildman–Crippen LogP) is 5.21. The lowest BCUT2D eigenvalue weighted by Gasteiger charge is -2.16. The van der Waals surface area contributed by atoms with Crippen molar-refractivity contribution < 1.29 is 0 Å². The average Bonchev–Trinajstić information content (AvgIpc) is 3.22. The fourth-order valence-electron chi connectivity index (χ4n) is 2.72. The van der Waals surface area contributed by atoms with E-state index >= 15 is 0 Å². The maximum Gasteiger partial charge on any atom is 0.228 e. The Morgan fingerprint density at radius 3 is 2.61 bits per heavy atom. The number of nitrogens with zero attached hydrogens (tertiary/aromatic N) is 4. The number of nitrogens with one attached hydrogen (secondary N) is 3. The van der Waals surface area contributed by atoms with Crippen LogP contribution in [0.2, 0.25) is 0 Å². The first kappa shape index (κ1) is 24.2. The van der Waals surface area contributed by atoms with Gasteiger partial charge >= 0.3 is 0 Å². The fourth-order valence-corrected chi connectivity index (χ4v) is 3.63. The van der Waals surface area contributed by atoms with Gasteiger partial charge in [0, 0.05) is 24.2 Å². The van der Waals surface area contributed by atoms with Crippen LogP contribution in [-0.2, 0) is 0 Å². The van der Waals surface area contributed by atoms with Crippen molar-refractivity contribution in [1.29, 1.82) is 5.26 Å². The summed E-state index contributed by atoms with van der Waals surface area (Å²) in [5.41, 5.74) is 2.36. The summed E-state index contributed by atoms with van der Waals surface area (Å²) in [6.07, 6.45) is 9.62. The summed E-state index contributed by atoms with van der Waals surface area (Å²) in [6, 6.07) is 2.46. The topological polar surface area (TPSA) is 98.5 Å². The maximum absolute atomic E-state index is 9.86. The third-order valence-corrected chi connectivity index (χ3v) is 5.43. The van der Waals surface area contributed by atoms with Crippen LogP contribution in [0.5, 0.6) is 0 Å². The van der Waals surface area contributed by atoms with Crippen LogP contribution in [0.25, 0.3) is 5.57 Å². The van der Waals surface area contributed by atoms with E-state index in [-0.39, 0.29) is 6.04 Å². The van der Waals surface area contributed by atoms with Crippen molar-refractivity contribution in [1.82, 2.24) is 20.3 Å². The standard InChI is InChI=1S/C23H31N7S/c1-7-8-9-10-16(4)19-14-31-21(27-19)18(13-24)20-28-22(25-6)30-23(29-20)26-17(5)12-11-15(2)3/h7-10,14-15,17,27H,1,11-12H2,2-6H3,(H2,25,26,28,29,30)/b9-8-,16-10+,21-18-. The number of allylic oxidation sites excluding steroid dienone is 6. The van der Waals surface area contributed by atoms with Gasteiger partial charge in [0.2, 0.25) is 11.9 Å². The van der Waals surface area contributed by atoms with Crippen LogP contribution in [0.3, 0.4) is 0 Å². The molecule has 0 spiro atoms. The molecule has 1 unspecified atom stereocenters. The third-order valence-electron chi connectivity index (χ3n) is 4.54. The summed E-state index contributed by atoms with van der Waals surface area (Å²) in [6.45, 7) is 12.2. The molecule has 1 aromatic rings. The van der Waals surface area contributed by atoms with E-state index in [2.05, 4.69) is 64.3 Å². The minimum Gasteiger partial charge on any atom is -0.357 e. The average molecular weight is 438 g/mol. The number of anilines is 2. The van der Waals surface area contributed by atoms with Crippen molar-refractivity contribution in [2.45, 2.75) is 46.6 Å². The van der Waals surface area contributed by atoms with E-state index in [1.807, 2.05) is 30.6 Å². The van der Waals surface area contributed by atoms with Crippen LogP contribution in [0, 0.1) is 17.2 Å². The van der Waals surface area contributed by atoms with Gasteiger partial charge in [-0.1, -0.05) is 56.5 Å². The molecule has 0 radical (unpaired) electrons. The predicted molar refractivity (Wildman–Crippen MR) is 131 cm³/mol. The molecular formula is C23H31N7S. The molecule has 0 saturated carbocycles. The third kappa shape index (κ3) is 7.30. The summed E-state index contributed by atoms with van der Waals surface area (Å²) in [7, 11) is 1.75. The van der Waals surface area contributed by atoms with Gasteiger partial charge in [0.15, 0.2) is 5.82 Å². The molecule has 0 fully saturated rings. The summed E-state index contributed by atoms with van der Waals surface area (Å²) in [4.78, 5) is 13.3. The summed E-state index contributed by atoms with van der Waals surface area (Å²) in [5, 5.41) is 22.1. The number of rotatable bonds is 10. The Hall–Kier alpha value is -3.05. The van der Waals surface area contributed by atoms with E-state index in [1.54, 1.807) is 13.1 Å². The van der Waals surface area contributed by atoms with Crippen LogP contribution in [0.15, 0.2) is 52.6 Å². The highest BCUT2D eigenvalue weighted by molar-refractivity contribution is 8.06. The van der Waals surface area contributed by atoms with Gasteiger partial charge in [-0.2, -0.15) is 20.2 Å². The summed E-state index contributed by atoms with van der Waals surface area (Å²) >= 11 is 1.45. The second kappa shape index (κ2) is 12.0. The van der Waals surface area contributed by atoms with Gasteiger partial charge in [0.05, 0.1) is 5.03 Å². The molecule has 164 valence electrons. The molecule has 1 aromatic heterocycles. The smallest absolute Gasteiger partial charge is 0.228 e. The number of thioether (sulfide) groups is 1. The Bertz CT molecular complexity index is 951. The molecule has 2 heterocycles. The Labute approximate surface area is 189 Å². The van der Waals surface area contributed by atoms with Crippen molar-refractivity contribution in [3.8, 4) is 6.07 Å². The lowest BCUT2D eigenvalue weighted by molar-refractivity contribution is 0.526. The molecule has 0 saturated heterocycles. The first-order valence-corrected chi connectivity index (χ1v) is 11.2. The zero-order valence-corrected chi connectivity index (χ0v) is 19.7. The van der Waals surface area contributed by atoms with Gasteiger partial charge in [-0.05, 0) is 38.2 Å². The van der Waals surface area contributed by atoms with Crippen LogP contribution in [-0.4, -0.2) is 28.0 Å². The SMILES string of the molecule is C=C/C=C\C=C(/C)C1=CS/C(=C(/C#N)c2nc(NC)nc(NC(C)CCC(C)C)n2)N1. The molecule has 1 aliphatic rings. The van der Waals surface area contributed by atoms with Gasteiger partial charge in [-0.3, -0.25) is 0 Å². The van der Waals surface area contributed by atoms with Gasteiger partial charge in [0.1, 0.15) is 11.6 Å². The van der Waals surface area contributed by atoms with Gasteiger partial charge in [-0.25, -0.2) is 0 Å². The first-order chi connectivity index (χ1) is 14.9.